The molecule has 3 rings (SSSR count). The van der Waals surface area contributed by atoms with E-state index in [1.54, 1.807) is 0 Å². The molecule has 1 fully saturated rings. The lowest BCUT2D eigenvalue weighted by atomic mass is 10.1. The molecule has 0 radical (unpaired) electrons. The molecule has 1 aromatic carbocycles. The molecule has 22 heavy (non-hydrogen) atoms. The van der Waals surface area contributed by atoms with E-state index in [-0.39, 0.29) is 12.2 Å². The van der Waals surface area contributed by atoms with Gasteiger partial charge < -0.3 is 14.6 Å². The Hall–Kier alpha value is -1.14. The van der Waals surface area contributed by atoms with E-state index in [9.17, 15) is 0 Å². The van der Waals surface area contributed by atoms with Crippen molar-refractivity contribution in [1.82, 2.24) is 15.5 Å². The summed E-state index contributed by atoms with van der Waals surface area (Å²) in [6.45, 7) is 3.53. The first kappa shape index (κ1) is 15.7. The van der Waals surface area contributed by atoms with Crippen molar-refractivity contribution in [2.24, 2.45) is 0 Å². The van der Waals surface area contributed by atoms with E-state index in [0.717, 1.165) is 12.1 Å². The Morgan fingerprint density at radius 1 is 1.23 bits per heavy atom. The second kappa shape index (κ2) is 6.96. The maximum atomic E-state index is 6.16. The van der Waals surface area contributed by atoms with E-state index in [1.807, 2.05) is 25.1 Å². The summed E-state index contributed by atoms with van der Waals surface area (Å²) in [5, 5.41) is 8.60. The van der Waals surface area contributed by atoms with Crippen LogP contribution in [0.15, 0.2) is 22.7 Å². The van der Waals surface area contributed by atoms with Crippen molar-refractivity contribution < 1.29 is 9.26 Å². The fourth-order valence-electron chi connectivity index (χ4n) is 2.45. The van der Waals surface area contributed by atoms with Crippen molar-refractivity contribution in [2.75, 3.05) is 13.1 Å². The number of ether oxygens (including phenoxy) is 1. The van der Waals surface area contributed by atoms with Gasteiger partial charge in [-0.1, -0.05) is 34.4 Å². The van der Waals surface area contributed by atoms with E-state index in [4.69, 9.17) is 32.5 Å². The Morgan fingerprint density at radius 2 is 2.00 bits per heavy atom. The molecule has 5 nitrogen and oxygen atoms in total. The molecule has 0 unspecified atom stereocenters. The van der Waals surface area contributed by atoms with Crippen molar-refractivity contribution in [3.05, 3.63) is 45.5 Å². The SMILES string of the molecule is C[C@@H]1CNC[C@H](c2nc(CCc3c(Cl)cccc3Cl)no2)O1. The molecule has 7 heteroatoms. The number of rotatable bonds is 4. The number of nitrogens with zero attached hydrogens (tertiary/aromatic N) is 2. The lowest BCUT2D eigenvalue weighted by Gasteiger charge is -2.25. The molecule has 1 saturated heterocycles. The topological polar surface area (TPSA) is 60.2 Å². The van der Waals surface area contributed by atoms with Crippen molar-refractivity contribution in [3.63, 3.8) is 0 Å². The molecule has 0 aliphatic carbocycles. The lowest BCUT2D eigenvalue weighted by Crippen LogP contribution is -2.39. The molecular weight excluding hydrogens is 325 g/mol. The van der Waals surface area contributed by atoms with Crippen LogP contribution in [0.2, 0.25) is 10.0 Å². The third-order valence-electron chi connectivity index (χ3n) is 3.58. The van der Waals surface area contributed by atoms with E-state index < -0.39 is 0 Å². The summed E-state index contributed by atoms with van der Waals surface area (Å²) < 4.78 is 11.1. The third-order valence-corrected chi connectivity index (χ3v) is 4.29. The number of hydrogen-bond acceptors (Lipinski definition) is 5. The predicted molar refractivity (Wildman–Crippen MR) is 84.3 cm³/mol. The van der Waals surface area contributed by atoms with E-state index in [2.05, 4.69) is 15.5 Å². The quantitative estimate of drug-likeness (QED) is 0.925. The first-order valence-electron chi connectivity index (χ1n) is 7.25. The van der Waals surface area contributed by atoms with Crippen LogP contribution in [-0.2, 0) is 17.6 Å². The minimum atomic E-state index is -0.186. The average molecular weight is 342 g/mol. The fraction of sp³-hybridized carbons (Fsp3) is 0.467. The van der Waals surface area contributed by atoms with Crippen molar-refractivity contribution in [2.45, 2.75) is 32.0 Å². The van der Waals surface area contributed by atoms with Crippen molar-refractivity contribution in [3.8, 4) is 0 Å². The van der Waals surface area contributed by atoms with Gasteiger partial charge in [0.25, 0.3) is 5.89 Å². The van der Waals surface area contributed by atoms with Crippen LogP contribution in [0.3, 0.4) is 0 Å². The fourth-order valence-corrected chi connectivity index (χ4v) is 3.03. The highest BCUT2D eigenvalue weighted by molar-refractivity contribution is 6.35. The number of morpholine rings is 1. The van der Waals surface area contributed by atoms with Crippen LogP contribution in [0.5, 0.6) is 0 Å². The molecule has 2 aromatic rings. The van der Waals surface area contributed by atoms with Crippen LogP contribution in [0, 0.1) is 0 Å². The van der Waals surface area contributed by atoms with E-state index in [0.29, 0.717) is 41.1 Å². The largest absolute Gasteiger partial charge is 0.363 e. The highest BCUT2D eigenvalue weighted by atomic mass is 35.5. The lowest BCUT2D eigenvalue weighted by molar-refractivity contribution is -0.0438. The molecule has 1 aliphatic rings. The van der Waals surface area contributed by atoms with Gasteiger partial charge in [0.2, 0.25) is 0 Å². The average Bonchev–Trinajstić information content (AvgIpc) is 2.96. The molecule has 2 atom stereocenters. The van der Waals surface area contributed by atoms with Gasteiger partial charge in [-0.05, 0) is 31.0 Å². The standard InChI is InChI=1S/C15H17Cl2N3O2/c1-9-7-18-8-13(21-9)15-19-14(20-22-15)6-5-10-11(16)3-2-4-12(10)17/h2-4,9,13,18H,5-8H2,1H3/t9-,13-/m1/s1. The molecule has 118 valence electrons. The predicted octanol–water partition coefficient (Wildman–Crippen LogP) is 3.21. The Morgan fingerprint density at radius 3 is 2.73 bits per heavy atom. The number of aryl methyl sites for hydroxylation is 1. The Kier molecular flexibility index (Phi) is 4.98. The summed E-state index contributed by atoms with van der Waals surface area (Å²) in [4.78, 5) is 4.41. The van der Waals surface area contributed by atoms with Gasteiger partial charge in [-0.3, -0.25) is 0 Å². The van der Waals surface area contributed by atoms with E-state index >= 15 is 0 Å². The minimum absolute atomic E-state index is 0.135. The number of aromatic nitrogens is 2. The molecule has 0 bridgehead atoms. The van der Waals surface area contributed by atoms with Gasteiger partial charge >= 0.3 is 0 Å². The Labute approximate surface area is 138 Å². The van der Waals surface area contributed by atoms with Crippen LogP contribution in [-0.4, -0.2) is 29.3 Å². The van der Waals surface area contributed by atoms with Gasteiger partial charge in [0.05, 0.1) is 6.10 Å². The minimum Gasteiger partial charge on any atom is -0.363 e. The maximum absolute atomic E-state index is 6.16. The number of hydrogen-bond donors (Lipinski definition) is 1. The summed E-state index contributed by atoms with van der Waals surface area (Å²) in [7, 11) is 0. The second-order valence-corrected chi connectivity index (χ2v) is 6.16. The summed E-state index contributed by atoms with van der Waals surface area (Å²) in [6, 6.07) is 5.48. The molecular formula is C15H17Cl2N3O2. The van der Waals surface area contributed by atoms with Gasteiger partial charge in [-0.25, -0.2) is 0 Å². The second-order valence-electron chi connectivity index (χ2n) is 5.34. The summed E-state index contributed by atoms with van der Waals surface area (Å²) >= 11 is 12.3. The molecule has 1 aliphatic heterocycles. The summed E-state index contributed by atoms with van der Waals surface area (Å²) in [5.41, 5.74) is 0.904. The van der Waals surface area contributed by atoms with Crippen LogP contribution in [0.25, 0.3) is 0 Å². The van der Waals surface area contributed by atoms with Crippen molar-refractivity contribution in [1.29, 1.82) is 0 Å². The first-order chi connectivity index (χ1) is 10.6. The molecule has 1 N–H and O–H groups in total. The Bertz CT molecular complexity index is 627. The highest BCUT2D eigenvalue weighted by Crippen LogP contribution is 2.26. The summed E-state index contributed by atoms with van der Waals surface area (Å²) in [6.07, 6.45) is 1.23. The van der Waals surface area contributed by atoms with Gasteiger partial charge in [-0.2, -0.15) is 4.98 Å². The molecule has 1 aromatic heterocycles. The van der Waals surface area contributed by atoms with Crippen molar-refractivity contribution >= 4 is 23.2 Å². The highest BCUT2D eigenvalue weighted by Gasteiger charge is 2.25. The van der Waals surface area contributed by atoms with Gasteiger partial charge in [0, 0.05) is 29.6 Å². The zero-order chi connectivity index (χ0) is 15.5. The Balaban J connectivity index is 1.65. The van der Waals surface area contributed by atoms with Gasteiger partial charge in [-0.15, -0.1) is 0 Å². The van der Waals surface area contributed by atoms with Crippen LogP contribution >= 0.6 is 23.2 Å². The normalized spacial score (nSPS) is 22.0. The first-order valence-corrected chi connectivity index (χ1v) is 8.00. The number of halogens is 2. The zero-order valence-electron chi connectivity index (χ0n) is 12.2. The molecule has 0 amide bonds. The number of benzene rings is 1. The monoisotopic (exact) mass is 341 g/mol. The summed E-state index contributed by atoms with van der Waals surface area (Å²) in [5.74, 6) is 1.15. The molecule has 2 heterocycles. The van der Waals surface area contributed by atoms with Gasteiger partial charge in [0.15, 0.2) is 5.82 Å². The van der Waals surface area contributed by atoms with Crippen LogP contribution in [0.1, 0.15) is 30.3 Å². The maximum Gasteiger partial charge on any atom is 0.257 e. The van der Waals surface area contributed by atoms with Gasteiger partial charge in [0.1, 0.15) is 6.10 Å². The molecule has 0 saturated carbocycles. The van der Waals surface area contributed by atoms with E-state index in [1.165, 1.54) is 0 Å². The smallest absolute Gasteiger partial charge is 0.257 e. The molecule has 0 spiro atoms. The third kappa shape index (κ3) is 3.60. The number of nitrogens with one attached hydrogen (secondary N) is 1. The van der Waals surface area contributed by atoms with Crippen LogP contribution in [0.4, 0.5) is 0 Å². The zero-order valence-corrected chi connectivity index (χ0v) is 13.7. The van der Waals surface area contributed by atoms with Crippen LogP contribution < -0.4 is 5.32 Å².